The molecule has 3 rings (SSSR count). The number of fused-ring (bicyclic) bond motifs is 1. The fraction of sp³-hybridized carbons (Fsp3) is 0.389. The highest BCUT2D eigenvalue weighted by Crippen LogP contribution is 2.21. The average molecular weight is 350 g/mol. The number of thiophene rings is 1. The summed E-state index contributed by atoms with van der Waals surface area (Å²) in [4.78, 5) is 6.11. The van der Waals surface area contributed by atoms with Crippen molar-refractivity contribution >= 4 is 40.7 Å². The number of rotatable bonds is 8. The van der Waals surface area contributed by atoms with Crippen molar-refractivity contribution in [3.63, 3.8) is 0 Å². The molecule has 0 aliphatic heterocycles. The number of imidazole rings is 1. The van der Waals surface area contributed by atoms with Gasteiger partial charge in [-0.15, -0.1) is 23.7 Å². The van der Waals surface area contributed by atoms with Crippen LogP contribution in [0.25, 0.3) is 11.0 Å². The van der Waals surface area contributed by atoms with E-state index in [0.717, 1.165) is 24.6 Å². The fourth-order valence-electron chi connectivity index (χ4n) is 2.71. The van der Waals surface area contributed by atoms with Gasteiger partial charge < -0.3 is 9.88 Å². The van der Waals surface area contributed by atoms with Gasteiger partial charge in [-0.1, -0.05) is 44.4 Å². The van der Waals surface area contributed by atoms with Crippen LogP contribution in [0.5, 0.6) is 0 Å². The second-order valence-electron chi connectivity index (χ2n) is 5.57. The topological polar surface area (TPSA) is 29.9 Å². The van der Waals surface area contributed by atoms with Crippen molar-refractivity contribution in [2.75, 3.05) is 5.32 Å². The summed E-state index contributed by atoms with van der Waals surface area (Å²) in [5, 5.41) is 5.62. The summed E-state index contributed by atoms with van der Waals surface area (Å²) in [6.07, 6.45) is 5.08. The molecular weight excluding hydrogens is 326 g/mol. The van der Waals surface area contributed by atoms with Gasteiger partial charge >= 0.3 is 0 Å². The van der Waals surface area contributed by atoms with E-state index in [1.807, 2.05) is 0 Å². The molecule has 0 saturated carbocycles. The predicted octanol–water partition coefficient (Wildman–Crippen LogP) is 5.71. The molecule has 0 aliphatic rings. The molecule has 1 N–H and O–H groups in total. The van der Waals surface area contributed by atoms with Crippen LogP contribution >= 0.6 is 23.7 Å². The maximum absolute atomic E-state index is 4.77. The van der Waals surface area contributed by atoms with Gasteiger partial charge in [0.15, 0.2) is 0 Å². The van der Waals surface area contributed by atoms with E-state index in [1.165, 1.54) is 36.1 Å². The minimum Gasteiger partial charge on any atom is -0.351 e. The molecule has 0 spiro atoms. The first-order chi connectivity index (χ1) is 10.9. The number of anilines is 1. The van der Waals surface area contributed by atoms with Gasteiger partial charge in [0.25, 0.3) is 0 Å². The molecule has 0 amide bonds. The molecule has 0 saturated heterocycles. The van der Waals surface area contributed by atoms with Crippen LogP contribution in [0.15, 0.2) is 41.8 Å². The lowest BCUT2D eigenvalue weighted by Crippen LogP contribution is -2.07. The second kappa shape index (κ2) is 8.94. The van der Waals surface area contributed by atoms with Crippen LogP contribution in [0.1, 0.15) is 37.5 Å². The van der Waals surface area contributed by atoms with E-state index in [0.29, 0.717) is 0 Å². The Morgan fingerprint density at radius 1 is 1.09 bits per heavy atom. The van der Waals surface area contributed by atoms with Gasteiger partial charge in [-0.2, -0.15) is 0 Å². The first-order valence-electron chi connectivity index (χ1n) is 8.10. The molecule has 0 fully saturated rings. The second-order valence-corrected chi connectivity index (χ2v) is 6.60. The lowest BCUT2D eigenvalue weighted by Gasteiger charge is -2.10. The number of halogens is 1. The molecule has 2 heterocycles. The molecule has 0 aliphatic carbocycles. The SMILES string of the molecule is CCCCCCn1c(NCc2cccs2)nc2ccccc21.Cl. The van der Waals surface area contributed by atoms with Crippen LogP contribution in [0.2, 0.25) is 0 Å². The Morgan fingerprint density at radius 2 is 1.96 bits per heavy atom. The number of nitrogens with one attached hydrogen (secondary N) is 1. The van der Waals surface area contributed by atoms with Gasteiger partial charge in [-0.25, -0.2) is 4.98 Å². The number of hydrogen-bond acceptors (Lipinski definition) is 3. The van der Waals surface area contributed by atoms with E-state index in [1.54, 1.807) is 11.3 Å². The zero-order chi connectivity index (χ0) is 15.2. The number of nitrogens with zero attached hydrogens (tertiary/aromatic N) is 2. The highest BCUT2D eigenvalue weighted by molar-refractivity contribution is 7.09. The summed E-state index contributed by atoms with van der Waals surface area (Å²) < 4.78 is 2.33. The Morgan fingerprint density at radius 3 is 2.74 bits per heavy atom. The quantitative estimate of drug-likeness (QED) is 0.527. The summed E-state index contributed by atoms with van der Waals surface area (Å²) in [5.41, 5.74) is 2.30. The summed E-state index contributed by atoms with van der Waals surface area (Å²) in [6.45, 7) is 4.13. The zero-order valence-electron chi connectivity index (χ0n) is 13.5. The molecule has 0 radical (unpaired) electrons. The van der Waals surface area contributed by atoms with Crippen molar-refractivity contribution in [1.82, 2.24) is 9.55 Å². The van der Waals surface area contributed by atoms with Crippen molar-refractivity contribution in [2.24, 2.45) is 0 Å². The molecular formula is C18H24ClN3S. The molecule has 0 atom stereocenters. The van der Waals surface area contributed by atoms with Gasteiger partial charge in [-0.3, -0.25) is 0 Å². The third-order valence-corrected chi connectivity index (χ3v) is 4.77. The third-order valence-electron chi connectivity index (χ3n) is 3.89. The molecule has 5 heteroatoms. The van der Waals surface area contributed by atoms with E-state index in [4.69, 9.17) is 4.98 Å². The van der Waals surface area contributed by atoms with E-state index in [9.17, 15) is 0 Å². The largest absolute Gasteiger partial charge is 0.351 e. The standard InChI is InChI=1S/C18H23N3S.ClH/c1-2-3-4-7-12-21-17-11-6-5-10-16(17)20-18(21)19-14-15-9-8-13-22-15;/h5-6,8-11,13H,2-4,7,12,14H2,1H3,(H,19,20);1H. The van der Waals surface area contributed by atoms with E-state index in [-0.39, 0.29) is 12.4 Å². The maximum atomic E-state index is 4.77. The summed E-state index contributed by atoms with van der Waals surface area (Å²) in [6, 6.07) is 12.7. The van der Waals surface area contributed by atoms with Crippen molar-refractivity contribution < 1.29 is 0 Å². The normalized spacial score (nSPS) is 10.7. The number of benzene rings is 1. The molecule has 3 nitrogen and oxygen atoms in total. The highest BCUT2D eigenvalue weighted by atomic mass is 35.5. The van der Waals surface area contributed by atoms with Gasteiger partial charge in [0.05, 0.1) is 17.6 Å². The molecule has 2 aromatic heterocycles. The molecule has 1 aromatic carbocycles. The number of para-hydroxylation sites is 2. The number of hydrogen-bond donors (Lipinski definition) is 1. The first kappa shape index (κ1) is 17.8. The van der Waals surface area contributed by atoms with Gasteiger partial charge in [0, 0.05) is 11.4 Å². The van der Waals surface area contributed by atoms with Crippen LogP contribution in [0, 0.1) is 0 Å². The van der Waals surface area contributed by atoms with Crippen LogP contribution in [-0.2, 0) is 13.1 Å². The smallest absolute Gasteiger partial charge is 0.204 e. The Hall–Kier alpha value is -1.52. The van der Waals surface area contributed by atoms with Crippen molar-refractivity contribution in [2.45, 2.75) is 45.7 Å². The van der Waals surface area contributed by atoms with Gasteiger partial charge in [0.2, 0.25) is 5.95 Å². The fourth-order valence-corrected chi connectivity index (χ4v) is 3.36. The molecule has 124 valence electrons. The Balaban J connectivity index is 0.00000192. The number of aromatic nitrogens is 2. The first-order valence-corrected chi connectivity index (χ1v) is 8.98. The Labute approximate surface area is 148 Å². The van der Waals surface area contributed by atoms with E-state index in [2.05, 4.69) is 58.6 Å². The molecule has 0 unspecified atom stereocenters. The minimum absolute atomic E-state index is 0. The molecule has 23 heavy (non-hydrogen) atoms. The van der Waals surface area contributed by atoms with E-state index < -0.39 is 0 Å². The Kier molecular flexibility index (Phi) is 6.93. The number of aryl methyl sites for hydroxylation is 1. The van der Waals surface area contributed by atoms with Gasteiger partial charge in [-0.05, 0) is 30.0 Å². The molecule has 3 aromatic rings. The number of unbranched alkanes of at least 4 members (excludes halogenated alkanes) is 3. The van der Waals surface area contributed by atoms with E-state index >= 15 is 0 Å². The zero-order valence-corrected chi connectivity index (χ0v) is 15.1. The van der Waals surface area contributed by atoms with Crippen molar-refractivity contribution in [3.05, 3.63) is 46.7 Å². The highest BCUT2D eigenvalue weighted by Gasteiger charge is 2.09. The average Bonchev–Trinajstić information content (AvgIpc) is 3.17. The maximum Gasteiger partial charge on any atom is 0.204 e. The summed E-state index contributed by atoms with van der Waals surface area (Å²) in [7, 11) is 0. The minimum atomic E-state index is 0. The van der Waals surface area contributed by atoms with Gasteiger partial charge in [0.1, 0.15) is 0 Å². The third kappa shape index (κ3) is 4.49. The van der Waals surface area contributed by atoms with Crippen LogP contribution in [-0.4, -0.2) is 9.55 Å². The van der Waals surface area contributed by atoms with Crippen molar-refractivity contribution in [3.8, 4) is 0 Å². The Bertz CT molecular complexity index is 706. The van der Waals surface area contributed by atoms with Crippen molar-refractivity contribution in [1.29, 1.82) is 0 Å². The summed E-state index contributed by atoms with van der Waals surface area (Å²) in [5.74, 6) is 0.992. The summed E-state index contributed by atoms with van der Waals surface area (Å²) >= 11 is 1.78. The van der Waals surface area contributed by atoms with Crippen LogP contribution < -0.4 is 5.32 Å². The monoisotopic (exact) mass is 349 g/mol. The lowest BCUT2D eigenvalue weighted by atomic mass is 10.2. The molecule has 0 bridgehead atoms. The van der Waals surface area contributed by atoms with Crippen LogP contribution in [0.4, 0.5) is 5.95 Å². The van der Waals surface area contributed by atoms with Crippen LogP contribution in [0.3, 0.4) is 0 Å². The lowest BCUT2D eigenvalue weighted by molar-refractivity contribution is 0.594. The predicted molar refractivity (Wildman–Crippen MR) is 103 cm³/mol.